The Bertz CT molecular complexity index is 1040. The minimum atomic E-state index is -0.787. The molecule has 0 unspecified atom stereocenters. The Morgan fingerprint density at radius 1 is 1.18 bits per heavy atom. The number of rotatable bonds is 3. The molecule has 2 aromatic carbocycles. The molecule has 34 heavy (non-hydrogen) atoms. The number of ether oxygens (including phenoxy) is 2. The Kier molecular flexibility index (Phi) is 8.41. The van der Waals surface area contributed by atoms with Crippen molar-refractivity contribution in [1.29, 1.82) is 0 Å². The summed E-state index contributed by atoms with van der Waals surface area (Å²) in [6.45, 7) is 5.44. The van der Waals surface area contributed by atoms with Crippen LogP contribution in [0.1, 0.15) is 24.2 Å². The number of nitrogens with zero attached hydrogens (tertiary/aromatic N) is 1. The van der Waals surface area contributed by atoms with E-state index in [1.807, 2.05) is 6.92 Å². The van der Waals surface area contributed by atoms with Gasteiger partial charge in [-0.25, -0.2) is 13.6 Å². The van der Waals surface area contributed by atoms with E-state index in [0.29, 0.717) is 25.4 Å². The fourth-order valence-electron chi connectivity index (χ4n) is 3.62. The fourth-order valence-corrected chi connectivity index (χ4v) is 3.62. The summed E-state index contributed by atoms with van der Waals surface area (Å²) >= 11 is 0. The van der Waals surface area contributed by atoms with E-state index in [-0.39, 0.29) is 40.9 Å². The first-order valence-corrected chi connectivity index (χ1v) is 11.0. The SMILES string of the molecule is CO[C@@H]1CN(C)C(=O)c2cc(NC(=O)Nc3cc(F)ccc3F)ccc2OC[C@H](C)NC[C@@H]1C. The normalized spacial score (nSPS) is 21.5. The molecule has 0 fully saturated rings. The highest BCUT2D eigenvalue weighted by Gasteiger charge is 2.25. The standard InChI is InChI=1S/C24H30F2N4O4/c1-14-11-27-15(2)13-34-21-8-6-17(10-18(21)23(31)30(3)12-22(14)33-4)28-24(32)29-20-9-16(25)5-7-19(20)26/h5-10,14-15,22,27H,11-13H2,1-4H3,(H2,28,29,32)/t14-,15-,22+/m0/s1. The summed E-state index contributed by atoms with van der Waals surface area (Å²) in [6, 6.07) is 6.65. The largest absolute Gasteiger partial charge is 0.491 e. The third-order valence-corrected chi connectivity index (χ3v) is 5.66. The molecule has 3 amide bonds. The Labute approximate surface area is 197 Å². The molecule has 0 saturated carbocycles. The van der Waals surface area contributed by atoms with E-state index in [2.05, 4.69) is 22.9 Å². The Hall–Kier alpha value is -3.24. The van der Waals surface area contributed by atoms with Crippen molar-refractivity contribution in [1.82, 2.24) is 10.2 Å². The maximum absolute atomic E-state index is 13.8. The lowest BCUT2D eigenvalue weighted by Gasteiger charge is -2.30. The van der Waals surface area contributed by atoms with Crippen molar-refractivity contribution in [3.8, 4) is 5.75 Å². The van der Waals surface area contributed by atoms with Crippen molar-refractivity contribution < 1.29 is 27.8 Å². The summed E-state index contributed by atoms with van der Waals surface area (Å²) in [5.74, 6) is -1.24. The monoisotopic (exact) mass is 476 g/mol. The van der Waals surface area contributed by atoms with Gasteiger partial charge in [-0.15, -0.1) is 0 Å². The van der Waals surface area contributed by atoms with E-state index in [1.165, 1.54) is 6.07 Å². The zero-order chi connectivity index (χ0) is 24.8. The molecule has 2 aromatic rings. The van der Waals surface area contributed by atoms with Gasteiger partial charge in [-0.1, -0.05) is 6.92 Å². The predicted molar refractivity (Wildman–Crippen MR) is 125 cm³/mol. The molecule has 0 radical (unpaired) electrons. The summed E-state index contributed by atoms with van der Waals surface area (Å²) in [4.78, 5) is 27.2. The zero-order valence-corrected chi connectivity index (χ0v) is 19.7. The van der Waals surface area contributed by atoms with Crippen molar-refractivity contribution in [2.75, 3.05) is 44.5 Å². The highest BCUT2D eigenvalue weighted by atomic mass is 19.1. The summed E-state index contributed by atoms with van der Waals surface area (Å²) in [7, 11) is 3.29. The number of urea groups is 1. The van der Waals surface area contributed by atoms with Crippen molar-refractivity contribution in [2.45, 2.75) is 26.0 Å². The van der Waals surface area contributed by atoms with Crippen LogP contribution in [-0.4, -0.2) is 62.8 Å². The van der Waals surface area contributed by atoms with Gasteiger partial charge in [0.15, 0.2) is 0 Å². The molecule has 1 aliphatic heterocycles. The van der Waals surface area contributed by atoms with Crippen molar-refractivity contribution in [2.24, 2.45) is 5.92 Å². The van der Waals surface area contributed by atoms with Crippen LogP contribution < -0.4 is 20.7 Å². The van der Waals surface area contributed by atoms with Crippen LogP contribution in [0.3, 0.4) is 0 Å². The molecular formula is C24H30F2N4O4. The molecule has 3 rings (SSSR count). The lowest BCUT2D eigenvalue weighted by Crippen LogP contribution is -2.44. The van der Waals surface area contributed by atoms with Crippen LogP contribution in [0.5, 0.6) is 5.75 Å². The fraction of sp³-hybridized carbons (Fsp3) is 0.417. The molecule has 1 aliphatic rings. The van der Waals surface area contributed by atoms with Crippen LogP contribution in [0.4, 0.5) is 25.0 Å². The molecule has 184 valence electrons. The van der Waals surface area contributed by atoms with Crippen LogP contribution in [-0.2, 0) is 4.74 Å². The summed E-state index contributed by atoms with van der Waals surface area (Å²) in [5, 5.41) is 8.21. The molecule has 0 aliphatic carbocycles. The first-order chi connectivity index (χ1) is 16.2. The Balaban J connectivity index is 1.83. The minimum absolute atomic E-state index is 0.0322. The number of methoxy groups -OCH3 is 1. The first-order valence-electron chi connectivity index (χ1n) is 11.0. The Morgan fingerprint density at radius 3 is 2.68 bits per heavy atom. The highest BCUT2D eigenvalue weighted by molar-refractivity contribution is 6.02. The lowest BCUT2D eigenvalue weighted by atomic mass is 10.0. The average molecular weight is 477 g/mol. The molecule has 0 spiro atoms. The van der Waals surface area contributed by atoms with Crippen LogP contribution in [0.15, 0.2) is 36.4 Å². The number of likely N-dealkylation sites (N-methyl/N-ethyl adjacent to an activating group) is 1. The molecule has 0 saturated heterocycles. The maximum Gasteiger partial charge on any atom is 0.323 e. The Morgan fingerprint density at radius 2 is 1.94 bits per heavy atom. The van der Waals surface area contributed by atoms with Crippen molar-refractivity contribution in [3.63, 3.8) is 0 Å². The number of halogens is 2. The highest BCUT2D eigenvalue weighted by Crippen LogP contribution is 2.26. The number of nitrogens with one attached hydrogen (secondary N) is 3. The van der Waals surface area contributed by atoms with Gasteiger partial charge in [-0.2, -0.15) is 0 Å². The second kappa shape index (κ2) is 11.3. The molecule has 3 atom stereocenters. The minimum Gasteiger partial charge on any atom is -0.491 e. The molecule has 8 nitrogen and oxygen atoms in total. The van der Waals surface area contributed by atoms with Gasteiger partial charge in [-0.05, 0) is 43.2 Å². The van der Waals surface area contributed by atoms with Crippen LogP contribution in [0.2, 0.25) is 0 Å². The van der Waals surface area contributed by atoms with Gasteiger partial charge in [0.2, 0.25) is 0 Å². The van der Waals surface area contributed by atoms with E-state index in [0.717, 1.165) is 18.2 Å². The van der Waals surface area contributed by atoms with Crippen LogP contribution in [0, 0.1) is 17.6 Å². The van der Waals surface area contributed by atoms with Crippen LogP contribution in [0.25, 0.3) is 0 Å². The van der Waals surface area contributed by atoms with Gasteiger partial charge in [0.1, 0.15) is 24.0 Å². The number of hydrogen-bond acceptors (Lipinski definition) is 5. The second-order valence-corrected chi connectivity index (χ2v) is 8.47. The summed E-state index contributed by atoms with van der Waals surface area (Å²) < 4.78 is 38.7. The number of carbonyl (C=O) groups is 2. The molecule has 3 N–H and O–H groups in total. The molecule has 0 bridgehead atoms. The van der Waals surface area contributed by atoms with E-state index >= 15 is 0 Å². The summed E-state index contributed by atoms with van der Waals surface area (Å²) in [6.07, 6.45) is -0.175. The number of hydrogen-bond donors (Lipinski definition) is 3. The smallest absolute Gasteiger partial charge is 0.323 e. The van der Waals surface area contributed by atoms with E-state index in [4.69, 9.17) is 9.47 Å². The topological polar surface area (TPSA) is 91.9 Å². The quantitative estimate of drug-likeness (QED) is 0.628. The van der Waals surface area contributed by atoms with Gasteiger partial charge in [0.05, 0.1) is 17.4 Å². The molecular weight excluding hydrogens is 446 g/mol. The number of fused-ring (bicyclic) bond motifs is 1. The van der Waals surface area contributed by atoms with Gasteiger partial charge in [0, 0.05) is 45.0 Å². The number of amides is 3. The van der Waals surface area contributed by atoms with Gasteiger partial charge in [-0.3, -0.25) is 4.79 Å². The average Bonchev–Trinajstić information content (AvgIpc) is 2.81. The van der Waals surface area contributed by atoms with E-state index in [1.54, 1.807) is 31.2 Å². The predicted octanol–water partition coefficient (Wildman–Crippen LogP) is 3.70. The maximum atomic E-state index is 13.8. The van der Waals surface area contributed by atoms with E-state index in [9.17, 15) is 18.4 Å². The lowest BCUT2D eigenvalue weighted by molar-refractivity contribution is 0.0281. The molecule has 0 aromatic heterocycles. The molecule has 10 heteroatoms. The third-order valence-electron chi connectivity index (χ3n) is 5.66. The third kappa shape index (κ3) is 6.42. The van der Waals surface area contributed by atoms with Gasteiger partial charge in [0.25, 0.3) is 5.91 Å². The number of benzene rings is 2. The van der Waals surface area contributed by atoms with Gasteiger partial charge >= 0.3 is 6.03 Å². The number of anilines is 2. The first kappa shape index (κ1) is 25.4. The zero-order valence-electron chi connectivity index (χ0n) is 19.7. The van der Waals surface area contributed by atoms with Gasteiger partial charge < -0.3 is 30.3 Å². The van der Waals surface area contributed by atoms with Crippen molar-refractivity contribution >= 4 is 23.3 Å². The summed E-state index contributed by atoms with van der Waals surface area (Å²) in [5.41, 5.74) is 0.241. The number of carbonyl (C=O) groups excluding carboxylic acids is 2. The van der Waals surface area contributed by atoms with Crippen molar-refractivity contribution in [3.05, 3.63) is 53.6 Å². The second-order valence-electron chi connectivity index (χ2n) is 8.47. The van der Waals surface area contributed by atoms with E-state index < -0.39 is 17.7 Å². The molecule has 1 heterocycles. The van der Waals surface area contributed by atoms with Crippen LogP contribution >= 0.6 is 0 Å².